The van der Waals surface area contributed by atoms with Gasteiger partial charge in [-0.1, -0.05) is 79.1 Å². The van der Waals surface area contributed by atoms with Crippen LogP contribution in [-0.4, -0.2) is 42.6 Å². The van der Waals surface area contributed by atoms with Crippen molar-refractivity contribution in [2.75, 3.05) is 5.75 Å². The number of amides is 2. The third kappa shape index (κ3) is 18.0. The quantitative estimate of drug-likeness (QED) is 0.185. The van der Waals surface area contributed by atoms with E-state index in [4.69, 9.17) is 0 Å². The van der Waals surface area contributed by atoms with Crippen molar-refractivity contribution in [1.29, 1.82) is 0 Å². The Morgan fingerprint density at radius 2 is 1.32 bits per heavy atom. The molecule has 0 aliphatic rings. The summed E-state index contributed by atoms with van der Waals surface area (Å²) in [4.78, 5) is 24.8. The Kier molecular flexibility index (Phi) is 19.5. The van der Waals surface area contributed by atoms with Crippen LogP contribution < -0.4 is 40.2 Å². The number of unbranched alkanes of at least 4 members (excludes halogenated alkanes) is 8. The molecule has 0 bridgehead atoms. The van der Waals surface area contributed by atoms with Gasteiger partial charge in [0, 0.05) is 18.2 Å². The van der Waals surface area contributed by atoms with E-state index >= 15 is 0 Å². The van der Waals surface area contributed by atoms with E-state index in [9.17, 15) is 22.6 Å². The monoisotopic (exact) mass is 470 g/mol. The molecule has 0 fully saturated rings. The summed E-state index contributed by atoms with van der Waals surface area (Å²) < 4.78 is 32.8. The largest absolute Gasteiger partial charge is 1.00 e. The van der Waals surface area contributed by atoms with E-state index in [-0.39, 0.29) is 47.3 Å². The molecule has 0 aromatic rings. The maximum atomic E-state index is 12.6. The Labute approximate surface area is 212 Å². The van der Waals surface area contributed by atoms with E-state index in [0.29, 0.717) is 6.42 Å². The summed E-state index contributed by atoms with van der Waals surface area (Å²) in [7, 11) is -4.35. The summed E-state index contributed by atoms with van der Waals surface area (Å²) in [6, 6.07) is -1.17. The molecule has 0 aromatic carbocycles. The van der Waals surface area contributed by atoms with E-state index < -0.39 is 33.9 Å². The zero-order valence-corrected chi connectivity index (χ0v) is 23.4. The predicted molar refractivity (Wildman–Crippen MR) is 120 cm³/mol. The van der Waals surface area contributed by atoms with Gasteiger partial charge < -0.3 is 15.2 Å². The fourth-order valence-corrected chi connectivity index (χ4v) is 4.23. The molecular weight excluding hydrogens is 427 g/mol. The van der Waals surface area contributed by atoms with Gasteiger partial charge >= 0.3 is 29.6 Å². The van der Waals surface area contributed by atoms with E-state index in [1.807, 2.05) is 13.8 Å². The Morgan fingerprint density at radius 3 is 1.77 bits per heavy atom. The zero-order valence-electron chi connectivity index (χ0n) is 20.5. The first-order valence-corrected chi connectivity index (χ1v) is 13.1. The molecule has 7 nitrogen and oxygen atoms in total. The molecule has 178 valence electrons. The van der Waals surface area contributed by atoms with Crippen molar-refractivity contribution in [2.45, 2.75) is 111 Å². The summed E-state index contributed by atoms with van der Waals surface area (Å²) in [6.45, 7) is 9.17. The summed E-state index contributed by atoms with van der Waals surface area (Å²) in [5.74, 6) is -1.65. The van der Waals surface area contributed by atoms with Crippen LogP contribution in [0.1, 0.15) is 98.8 Å². The topological polar surface area (TPSA) is 115 Å². The molecule has 0 radical (unpaired) electrons. The molecule has 0 saturated carbocycles. The molecule has 0 aliphatic heterocycles. The summed E-state index contributed by atoms with van der Waals surface area (Å²) in [5.41, 5.74) is 0. The van der Waals surface area contributed by atoms with Crippen LogP contribution >= 0.6 is 0 Å². The summed E-state index contributed by atoms with van der Waals surface area (Å²) >= 11 is 0. The van der Waals surface area contributed by atoms with Gasteiger partial charge in [-0.05, 0) is 25.2 Å². The maximum absolute atomic E-state index is 12.6. The normalized spacial score (nSPS) is 14.4. The van der Waals surface area contributed by atoms with Crippen molar-refractivity contribution >= 4 is 21.9 Å². The minimum Gasteiger partial charge on any atom is -0.748 e. The maximum Gasteiger partial charge on any atom is 1.00 e. The summed E-state index contributed by atoms with van der Waals surface area (Å²) in [6.07, 6.45) is 11.0. The minimum absolute atomic E-state index is 0. The first kappa shape index (κ1) is 33.0. The number of nitrogens with one attached hydrogen (secondary N) is 2. The Bertz CT molecular complexity index is 599. The number of carbonyl (C=O) groups is 2. The van der Waals surface area contributed by atoms with Crippen LogP contribution in [0.2, 0.25) is 0 Å². The SMILES string of the molecule is CCCCCCCCCCCC(=O)N[C@H](C(=O)NC(C)C(C)CS(=O)(=O)[O-])C(C)C.[Na+]. The van der Waals surface area contributed by atoms with E-state index in [0.717, 1.165) is 19.3 Å². The van der Waals surface area contributed by atoms with Gasteiger partial charge in [-0.15, -0.1) is 0 Å². The molecule has 9 heteroatoms. The predicted octanol–water partition coefficient (Wildman–Crippen LogP) is 0.738. The van der Waals surface area contributed by atoms with Crippen molar-refractivity contribution in [3.05, 3.63) is 0 Å². The van der Waals surface area contributed by atoms with Gasteiger partial charge in [0.2, 0.25) is 11.8 Å². The Balaban J connectivity index is 0. The zero-order chi connectivity index (χ0) is 23.2. The van der Waals surface area contributed by atoms with Gasteiger partial charge in [0.25, 0.3) is 0 Å². The molecular formula is C22H43N2NaO5S. The van der Waals surface area contributed by atoms with Gasteiger partial charge in [-0.25, -0.2) is 8.42 Å². The van der Waals surface area contributed by atoms with E-state index in [1.54, 1.807) is 13.8 Å². The Hall–Kier alpha value is -0.150. The smallest absolute Gasteiger partial charge is 0.748 e. The molecule has 0 rings (SSSR count). The third-order valence-electron chi connectivity index (χ3n) is 5.46. The molecule has 0 saturated heterocycles. The second kappa shape index (κ2) is 18.3. The molecule has 0 aliphatic carbocycles. The molecule has 0 spiro atoms. The van der Waals surface area contributed by atoms with Crippen molar-refractivity contribution < 1.29 is 52.1 Å². The molecule has 31 heavy (non-hydrogen) atoms. The van der Waals surface area contributed by atoms with Gasteiger partial charge in [0.05, 0.1) is 10.1 Å². The molecule has 2 N–H and O–H groups in total. The van der Waals surface area contributed by atoms with E-state index in [2.05, 4.69) is 17.6 Å². The minimum atomic E-state index is -4.35. The van der Waals surface area contributed by atoms with Crippen LogP contribution in [0.3, 0.4) is 0 Å². The van der Waals surface area contributed by atoms with Gasteiger partial charge in [-0.3, -0.25) is 9.59 Å². The van der Waals surface area contributed by atoms with E-state index in [1.165, 1.54) is 38.5 Å². The van der Waals surface area contributed by atoms with Crippen LogP contribution in [0.4, 0.5) is 0 Å². The average Bonchev–Trinajstić information content (AvgIpc) is 2.62. The molecule has 3 atom stereocenters. The fourth-order valence-electron chi connectivity index (χ4n) is 3.30. The summed E-state index contributed by atoms with van der Waals surface area (Å²) in [5, 5.41) is 5.54. The average molecular weight is 471 g/mol. The Morgan fingerprint density at radius 1 is 0.839 bits per heavy atom. The van der Waals surface area contributed by atoms with Gasteiger partial charge in [0.1, 0.15) is 6.04 Å². The number of hydrogen-bond acceptors (Lipinski definition) is 5. The van der Waals surface area contributed by atoms with Crippen LogP contribution in [0.15, 0.2) is 0 Å². The standard InChI is InChI=1S/C22H44N2O5S.Na/c1-6-7-8-9-10-11-12-13-14-15-20(25)24-21(17(2)3)22(26)23-19(5)18(4)16-30(27,28)29;/h17-19,21H,6-16H2,1-5H3,(H,23,26)(H,24,25)(H,27,28,29);/q;+1/p-1/t18?,19?,21-;/m0./s1. The molecule has 0 heterocycles. The van der Waals surface area contributed by atoms with Gasteiger partial charge in [0.15, 0.2) is 0 Å². The van der Waals surface area contributed by atoms with Crippen molar-refractivity contribution in [3.63, 3.8) is 0 Å². The molecule has 0 aromatic heterocycles. The second-order valence-corrected chi connectivity index (χ2v) is 10.3. The van der Waals surface area contributed by atoms with Crippen molar-refractivity contribution in [2.24, 2.45) is 11.8 Å². The van der Waals surface area contributed by atoms with Crippen LogP contribution in [0.25, 0.3) is 0 Å². The van der Waals surface area contributed by atoms with Gasteiger partial charge in [-0.2, -0.15) is 0 Å². The first-order valence-electron chi connectivity index (χ1n) is 11.5. The second-order valence-electron chi connectivity index (χ2n) is 8.87. The molecule has 2 unspecified atom stereocenters. The number of hydrogen-bond donors (Lipinski definition) is 2. The van der Waals surface area contributed by atoms with Crippen molar-refractivity contribution in [3.8, 4) is 0 Å². The van der Waals surface area contributed by atoms with Crippen molar-refractivity contribution in [1.82, 2.24) is 10.6 Å². The third-order valence-corrected chi connectivity index (χ3v) is 6.40. The first-order chi connectivity index (χ1) is 14.0. The van der Waals surface area contributed by atoms with Crippen LogP contribution in [0, 0.1) is 11.8 Å². The fraction of sp³-hybridized carbons (Fsp3) is 0.909. The van der Waals surface area contributed by atoms with Crippen LogP contribution in [-0.2, 0) is 19.7 Å². The van der Waals surface area contributed by atoms with Crippen LogP contribution in [0.5, 0.6) is 0 Å². The number of rotatable bonds is 17. The number of carbonyl (C=O) groups excluding carboxylic acids is 2. The molecule has 2 amide bonds.